The van der Waals surface area contributed by atoms with E-state index in [1.54, 1.807) is 88.7 Å². The van der Waals surface area contributed by atoms with Crippen LogP contribution in [0.1, 0.15) is 142 Å². The largest absolute Gasteiger partial charge is 0.496 e. The monoisotopic (exact) mass is 1610 g/mol. The van der Waals surface area contributed by atoms with Crippen LogP contribution in [0.15, 0.2) is 55.4 Å². The minimum Gasteiger partial charge on any atom is -0.496 e. The van der Waals surface area contributed by atoms with Gasteiger partial charge in [0, 0.05) is 140 Å². The fraction of sp³-hybridized carbons (Fsp3) is 0.346. The summed E-state index contributed by atoms with van der Waals surface area (Å²) in [5.41, 5.74) is 29.4. The molecule has 33 nitrogen and oxygen atoms in total. The fourth-order valence-electron chi connectivity index (χ4n) is 13.6. The van der Waals surface area contributed by atoms with E-state index in [0.29, 0.717) is 115 Å². The van der Waals surface area contributed by atoms with Crippen LogP contribution in [-0.4, -0.2) is 197 Å². The molecule has 4 aliphatic heterocycles. The van der Waals surface area contributed by atoms with Crippen molar-refractivity contribution < 1.29 is 48.1 Å². The maximum atomic E-state index is 13.8. The number of aromatic amines is 3. The van der Waals surface area contributed by atoms with Crippen LogP contribution in [0, 0.1) is 47.5 Å². The Kier molecular flexibility index (Phi) is 26.4. The summed E-state index contributed by atoms with van der Waals surface area (Å²) in [7, 11) is 6.89. The number of piperazine rings is 1. The number of anilines is 6. The van der Waals surface area contributed by atoms with Crippen molar-refractivity contribution in [2.45, 2.75) is 87.9 Å². The molecule has 0 aliphatic carbocycles. The number of amides is 6. The summed E-state index contributed by atoms with van der Waals surface area (Å²) in [6.45, 7) is 22.0. The highest BCUT2D eigenvalue weighted by atomic mass is 35.5. The molecule has 9 aromatic rings. The Morgan fingerprint density at radius 1 is 0.518 bits per heavy atom. The van der Waals surface area contributed by atoms with Gasteiger partial charge in [0.1, 0.15) is 32.7 Å². The van der Waals surface area contributed by atoms with Crippen LogP contribution in [0.3, 0.4) is 0 Å². The van der Waals surface area contributed by atoms with E-state index in [9.17, 15) is 28.8 Å². The number of aromatic nitrogens is 12. The lowest BCUT2D eigenvalue weighted by Gasteiger charge is -2.32. The van der Waals surface area contributed by atoms with Gasteiger partial charge in [0.15, 0.2) is 17.5 Å². The fourth-order valence-corrected chi connectivity index (χ4v) is 14.4. The van der Waals surface area contributed by atoms with E-state index in [2.05, 4.69) is 106 Å². The molecule has 9 aromatic heterocycles. The molecule has 0 radical (unpaired) electrons. The first-order valence-corrected chi connectivity index (χ1v) is 37.6. The number of likely N-dealkylation sites (N-methyl/N-ethyl adjacent to an activating group) is 1. The average Bonchev–Trinajstić information content (AvgIpc) is 1.61. The molecule has 0 atom stereocenters. The zero-order chi connectivity index (χ0) is 82.1. The number of hydrogen-bond donors (Lipinski definition) is 10. The predicted molar refractivity (Wildman–Crippen MR) is 437 cm³/mol. The number of halogens is 3. The average molecular weight is 1620 g/mol. The number of pyridine rings is 3. The van der Waals surface area contributed by atoms with Gasteiger partial charge in [0.05, 0.1) is 115 Å². The molecule has 0 saturated carbocycles. The standard InChI is InChI=1S/C28H34ClN9O3.C27H32ClN7O3.C23H24ClN7O4/c1-16-13-33-21(17(2)23(16)41-4)15-38-25-22(24(29)34-28(30)35-25)20(27(38)40)12-19-11-18(14-32-19)26(39)31-5-6-37-9-7-36(3)8-10-37;1-14(2)7-6-8-30-25(36)17-9-18(31-12-17)10-19-21-23(28)33-27(29)34-24(21)35(26(19)37)13-20-16(4)22(38-5)15(3)11-32-20;1-11-8-28-16(12(2)18(11)35-3)10-31-20-17(19(24)29-23(25)30-20)15(22(31)34)7-14-6-13(9-27-14)21(33)26-4-5-32/h11-14,32H,5-10,15H2,1-4H3,(H,31,39)(H2,30,34,35);9-12,14,31H,6-8,13H2,1-5H3,(H,30,36)(H2,29,33,34);6-9,27,32H,4-5,10H2,1-3H3,(H,26,33)(H2,25,29,30)/b20-12-;19-10-;15-7-. The Morgan fingerprint density at radius 3 is 1.16 bits per heavy atom. The van der Waals surface area contributed by atoms with E-state index < -0.39 is 0 Å². The van der Waals surface area contributed by atoms with Gasteiger partial charge in [-0.3, -0.25) is 63.3 Å². The maximum Gasteiger partial charge on any atom is 0.260 e. The number of aliphatic hydroxyl groups is 1. The number of fused-ring (bicyclic) bond motifs is 3. The number of rotatable bonds is 24. The van der Waals surface area contributed by atoms with Crippen molar-refractivity contribution in [3.8, 4) is 17.2 Å². The van der Waals surface area contributed by atoms with Gasteiger partial charge in [-0.2, -0.15) is 15.0 Å². The number of carbonyl (C=O) groups is 6. The second kappa shape index (κ2) is 36.3. The molecule has 13 N–H and O–H groups in total. The molecule has 0 aromatic carbocycles. The molecule has 1 fully saturated rings. The van der Waals surface area contributed by atoms with Crippen LogP contribution in [0.5, 0.6) is 17.2 Å². The summed E-state index contributed by atoms with van der Waals surface area (Å²) in [6, 6.07) is 4.96. The first kappa shape index (κ1) is 83.1. The summed E-state index contributed by atoms with van der Waals surface area (Å²) >= 11 is 19.3. The molecule has 4 aliphatic rings. The van der Waals surface area contributed by atoms with Gasteiger partial charge >= 0.3 is 0 Å². The van der Waals surface area contributed by atoms with E-state index in [1.807, 2.05) is 41.5 Å². The Labute approximate surface area is 672 Å². The summed E-state index contributed by atoms with van der Waals surface area (Å²) in [5, 5.41) is 17.5. The zero-order valence-electron chi connectivity index (χ0n) is 65.2. The van der Waals surface area contributed by atoms with Gasteiger partial charge in [-0.1, -0.05) is 48.7 Å². The minimum absolute atomic E-state index is 0.0354. The SMILES string of the molecule is COc1c(C)cnc(CN2C(=O)/C(=C\c3cc(C(=O)NCCCC(C)C)c[nH]3)c3c(Cl)nc(N)nc32)c1C.COc1c(C)cnc(CN2C(=O)/C(=C\c3cc(C(=O)NCCN4CCN(C)CC4)c[nH]3)c3c(Cl)nc(N)nc32)c1C.COc1c(C)cnc(CN2C(=O)/C(=C\c3cc(C(=O)NCCO)c[nH]3)c3c(Cl)nc(N)nc32)c1C. The first-order valence-electron chi connectivity index (χ1n) is 36.5. The second-order valence-electron chi connectivity index (χ2n) is 27.9. The quantitative estimate of drug-likeness (QED) is 0.0154. The summed E-state index contributed by atoms with van der Waals surface area (Å²) in [4.78, 5) is 135. The Bertz CT molecular complexity index is 5300. The molecular formula is C78H90Cl3N23O10. The third-order valence-electron chi connectivity index (χ3n) is 19.5. The van der Waals surface area contributed by atoms with E-state index in [0.717, 1.165) is 78.9 Å². The highest BCUT2D eigenvalue weighted by Crippen LogP contribution is 2.45. The molecule has 598 valence electrons. The molecule has 0 unspecified atom stereocenters. The van der Waals surface area contributed by atoms with Crippen LogP contribution < -0.4 is 62.1 Å². The van der Waals surface area contributed by atoms with Crippen molar-refractivity contribution in [2.75, 3.05) is 119 Å². The van der Waals surface area contributed by atoms with Crippen molar-refractivity contribution in [2.24, 2.45) is 5.92 Å². The van der Waals surface area contributed by atoms with E-state index >= 15 is 0 Å². The van der Waals surface area contributed by atoms with Crippen LogP contribution in [0.2, 0.25) is 15.5 Å². The minimum atomic E-state index is -0.372. The van der Waals surface area contributed by atoms with Gasteiger partial charge in [-0.15, -0.1) is 0 Å². The normalized spacial score (nSPS) is 15.0. The highest BCUT2D eigenvalue weighted by molar-refractivity contribution is 6.43. The number of aryl methyl sites for hydroxylation is 3. The van der Waals surface area contributed by atoms with Gasteiger partial charge in [-0.25, -0.2) is 15.0 Å². The number of H-pyrrole nitrogens is 3. The predicted octanol–water partition coefficient (Wildman–Crippen LogP) is 8.31. The van der Waals surface area contributed by atoms with E-state index in [1.165, 1.54) is 20.9 Å². The summed E-state index contributed by atoms with van der Waals surface area (Å²) in [5.74, 6) is 1.62. The van der Waals surface area contributed by atoms with Crippen LogP contribution in [-0.2, 0) is 34.0 Å². The molecule has 6 amide bonds. The van der Waals surface area contributed by atoms with Gasteiger partial charge in [0.2, 0.25) is 17.8 Å². The number of hydrogen-bond acceptors (Lipinski definition) is 24. The molecule has 36 heteroatoms. The van der Waals surface area contributed by atoms with Crippen molar-refractivity contribution in [3.63, 3.8) is 0 Å². The number of nitrogens with one attached hydrogen (secondary N) is 6. The second-order valence-corrected chi connectivity index (χ2v) is 29.0. The number of ether oxygens (including phenoxy) is 3. The molecule has 13 rings (SSSR count). The van der Waals surface area contributed by atoms with Crippen LogP contribution >= 0.6 is 34.8 Å². The highest BCUT2D eigenvalue weighted by Gasteiger charge is 2.41. The molecule has 13 heterocycles. The molecule has 1 saturated heterocycles. The molecule has 0 bridgehead atoms. The summed E-state index contributed by atoms with van der Waals surface area (Å²) in [6.07, 6.45) is 16.6. The maximum absolute atomic E-state index is 13.8. The topological polar surface area (TPSA) is 444 Å². The Morgan fingerprint density at radius 2 is 0.842 bits per heavy atom. The number of nitrogens with zero attached hydrogens (tertiary/aromatic N) is 14. The van der Waals surface area contributed by atoms with Crippen molar-refractivity contribution in [3.05, 3.63) is 172 Å². The Hall–Kier alpha value is -11.9. The lowest BCUT2D eigenvalue weighted by Crippen LogP contribution is -2.46. The van der Waals surface area contributed by atoms with Crippen molar-refractivity contribution >= 4 is 140 Å². The number of carbonyl (C=O) groups excluding carboxylic acids is 6. The van der Waals surface area contributed by atoms with E-state index in [-0.39, 0.29) is 124 Å². The smallest absolute Gasteiger partial charge is 0.260 e. The number of nitrogens with two attached hydrogens (primary N) is 3. The van der Waals surface area contributed by atoms with Crippen LogP contribution in [0.4, 0.5) is 35.3 Å². The number of aliphatic hydroxyl groups excluding tert-OH is 1. The van der Waals surface area contributed by atoms with Gasteiger partial charge < -0.3 is 72.3 Å². The lowest BCUT2D eigenvalue weighted by atomic mass is 10.1. The van der Waals surface area contributed by atoms with Gasteiger partial charge in [0.25, 0.3) is 35.4 Å². The van der Waals surface area contributed by atoms with E-state index in [4.69, 9.17) is 71.3 Å². The molecular weight excluding hydrogens is 1530 g/mol. The third kappa shape index (κ3) is 18.4. The number of nitrogen functional groups attached to an aromatic ring is 3. The van der Waals surface area contributed by atoms with Gasteiger partial charge in [-0.05, 0) is 104 Å². The van der Waals surface area contributed by atoms with Crippen molar-refractivity contribution in [1.29, 1.82) is 0 Å². The summed E-state index contributed by atoms with van der Waals surface area (Å²) < 4.78 is 16.5. The molecule has 0 spiro atoms. The third-order valence-corrected chi connectivity index (χ3v) is 20.3. The number of methoxy groups -OCH3 is 3. The zero-order valence-corrected chi connectivity index (χ0v) is 67.4. The van der Waals surface area contributed by atoms with Crippen LogP contribution in [0.25, 0.3) is 34.9 Å². The lowest BCUT2D eigenvalue weighted by molar-refractivity contribution is -0.113. The molecule has 114 heavy (non-hydrogen) atoms. The van der Waals surface area contributed by atoms with Crippen molar-refractivity contribution in [1.82, 2.24) is 85.6 Å². The Balaban J connectivity index is 0.000000169. The first-order chi connectivity index (χ1) is 54.5.